The molecule has 0 aliphatic heterocycles. The summed E-state index contributed by atoms with van der Waals surface area (Å²) in [5.41, 5.74) is 0. The summed E-state index contributed by atoms with van der Waals surface area (Å²) in [4.78, 5) is 17.4. The van der Waals surface area contributed by atoms with E-state index >= 15 is 0 Å². The first-order valence-electron chi connectivity index (χ1n) is 6.52. The third-order valence-corrected chi connectivity index (χ3v) is 2.95. The molecule has 1 saturated carbocycles. The maximum Gasteiger partial charge on any atom is 0.231 e. The molecule has 1 heterocycles. The van der Waals surface area contributed by atoms with Crippen LogP contribution in [0.2, 0.25) is 0 Å². The second-order valence-corrected chi connectivity index (χ2v) is 4.92. The number of nitrogens with one attached hydrogen (secondary N) is 1. The summed E-state index contributed by atoms with van der Waals surface area (Å²) in [7, 11) is 5.94. The van der Waals surface area contributed by atoms with Crippen LogP contribution in [0, 0.1) is 0 Å². The molecular formula is C12H22N6. The van der Waals surface area contributed by atoms with Crippen molar-refractivity contribution in [2.75, 3.05) is 42.8 Å². The van der Waals surface area contributed by atoms with E-state index in [2.05, 4.69) is 39.1 Å². The Kier molecular flexibility index (Phi) is 3.84. The van der Waals surface area contributed by atoms with Gasteiger partial charge in [-0.1, -0.05) is 6.92 Å². The number of hydrogen-bond acceptors (Lipinski definition) is 6. The van der Waals surface area contributed by atoms with Crippen LogP contribution < -0.4 is 15.1 Å². The van der Waals surface area contributed by atoms with Crippen molar-refractivity contribution in [2.45, 2.75) is 32.2 Å². The van der Waals surface area contributed by atoms with Gasteiger partial charge in [0, 0.05) is 33.7 Å². The monoisotopic (exact) mass is 250 g/mol. The Morgan fingerprint density at radius 1 is 1.11 bits per heavy atom. The van der Waals surface area contributed by atoms with Gasteiger partial charge in [-0.25, -0.2) is 0 Å². The molecule has 0 aromatic carbocycles. The van der Waals surface area contributed by atoms with Crippen LogP contribution in [0.1, 0.15) is 26.2 Å². The average molecular weight is 250 g/mol. The lowest BCUT2D eigenvalue weighted by molar-refractivity contribution is 0.833. The zero-order valence-corrected chi connectivity index (χ0v) is 11.6. The fraction of sp³-hybridized carbons (Fsp3) is 0.750. The normalized spacial score (nSPS) is 14.4. The molecule has 0 radical (unpaired) electrons. The van der Waals surface area contributed by atoms with Gasteiger partial charge >= 0.3 is 0 Å². The topological polar surface area (TPSA) is 57.2 Å². The lowest BCUT2D eigenvalue weighted by Crippen LogP contribution is -2.25. The van der Waals surface area contributed by atoms with Crippen molar-refractivity contribution in [1.82, 2.24) is 15.0 Å². The minimum absolute atomic E-state index is 0.599. The molecule has 1 aliphatic carbocycles. The molecule has 1 aromatic heterocycles. The number of rotatable bonds is 6. The van der Waals surface area contributed by atoms with E-state index in [4.69, 9.17) is 0 Å². The molecule has 0 saturated heterocycles. The summed E-state index contributed by atoms with van der Waals surface area (Å²) in [6.45, 7) is 3.00. The largest absolute Gasteiger partial charge is 0.354 e. The fourth-order valence-electron chi connectivity index (χ4n) is 1.65. The standard InChI is InChI=1S/C12H22N6/c1-5-8-13-10-14-11(17(2)3)16-12(15-10)18(4)9-6-7-9/h9H,5-8H2,1-4H3,(H,13,14,15,16). The van der Waals surface area contributed by atoms with Crippen LogP contribution in [0.3, 0.4) is 0 Å². The van der Waals surface area contributed by atoms with Gasteiger partial charge in [0.25, 0.3) is 0 Å². The maximum absolute atomic E-state index is 4.49. The second-order valence-electron chi connectivity index (χ2n) is 4.92. The molecule has 0 spiro atoms. The Bertz CT molecular complexity index is 402. The molecule has 1 N–H and O–H groups in total. The van der Waals surface area contributed by atoms with Crippen LogP contribution in [0.15, 0.2) is 0 Å². The fourth-order valence-corrected chi connectivity index (χ4v) is 1.65. The molecule has 6 heteroatoms. The highest BCUT2D eigenvalue weighted by molar-refractivity contribution is 5.45. The highest BCUT2D eigenvalue weighted by Gasteiger charge is 2.28. The predicted octanol–water partition coefficient (Wildman–Crippen LogP) is 1.36. The van der Waals surface area contributed by atoms with Crippen LogP contribution in [-0.2, 0) is 0 Å². The van der Waals surface area contributed by atoms with Gasteiger partial charge in [0.05, 0.1) is 0 Å². The molecule has 18 heavy (non-hydrogen) atoms. The van der Waals surface area contributed by atoms with Crippen molar-refractivity contribution in [3.8, 4) is 0 Å². The van der Waals surface area contributed by atoms with E-state index in [0.29, 0.717) is 17.9 Å². The van der Waals surface area contributed by atoms with Crippen molar-refractivity contribution in [3.63, 3.8) is 0 Å². The Balaban J connectivity index is 2.23. The van der Waals surface area contributed by atoms with E-state index in [1.807, 2.05) is 19.0 Å². The molecular weight excluding hydrogens is 228 g/mol. The Hall–Kier alpha value is -1.59. The molecule has 100 valence electrons. The van der Waals surface area contributed by atoms with Crippen LogP contribution in [0.25, 0.3) is 0 Å². The van der Waals surface area contributed by atoms with Gasteiger partial charge < -0.3 is 15.1 Å². The number of hydrogen-bond donors (Lipinski definition) is 1. The minimum Gasteiger partial charge on any atom is -0.354 e. The van der Waals surface area contributed by atoms with E-state index in [0.717, 1.165) is 18.9 Å². The molecule has 1 aromatic rings. The van der Waals surface area contributed by atoms with Crippen molar-refractivity contribution < 1.29 is 0 Å². The zero-order chi connectivity index (χ0) is 13.1. The van der Waals surface area contributed by atoms with Crippen LogP contribution in [0.4, 0.5) is 17.8 Å². The highest BCUT2D eigenvalue weighted by Crippen LogP contribution is 2.29. The lowest BCUT2D eigenvalue weighted by atomic mass is 10.5. The first kappa shape index (κ1) is 12.9. The van der Waals surface area contributed by atoms with E-state index in [1.54, 1.807) is 0 Å². The summed E-state index contributed by atoms with van der Waals surface area (Å²) in [6.07, 6.45) is 3.52. The van der Waals surface area contributed by atoms with Gasteiger partial charge in [-0.15, -0.1) is 0 Å². The van der Waals surface area contributed by atoms with Gasteiger partial charge in [-0.05, 0) is 19.3 Å². The molecule has 6 nitrogen and oxygen atoms in total. The first-order valence-corrected chi connectivity index (χ1v) is 6.52. The highest BCUT2D eigenvalue weighted by atomic mass is 15.4. The van der Waals surface area contributed by atoms with Gasteiger partial charge in [-0.3, -0.25) is 0 Å². The molecule has 2 rings (SSSR count). The summed E-state index contributed by atoms with van der Waals surface area (Å²) in [5.74, 6) is 2.12. The van der Waals surface area contributed by atoms with E-state index < -0.39 is 0 Å². The minimum atomic E-state index is 0.599. The summed E-state index contributed by atoms with van der Waals surface area (Å²) < 4.78 is 0. The number of nitrogens with zero attached hydrogens (tertiary/aromatic N) is 5. The quantitative estimate of drug-likeness (QED) is 0.822. The van der Waals surface area contributed by atoms with Crippen molar-refractivity contribution in [3.05, 3.63) is 0 Å². The SMILES string of the molecule is CCCNc1nc(N(C)C)nc(N(C)C2CC2)n1. The summed E-state index contributed by atoms with van der Waals surface area (Å²) >= 11 is 0. The van der Waals surface area contributed by atoms with E-state index in [1.165, 1.54) is 12.8 Å². The average Bonchev–Trinajstić information content (AvgIpc) is 3.19. The maximum atomic E-state index is 4.49. The molecule has 0 unspecified atom stereocenters. The smallest absolute Gasteiger partial charge is 0.231 e. The Morgan fingerprint density at radius 2 is 1.78 bits per heavy atom. The zero-order valence-electron chi connectivity index (χ0n) is 11.6. The van der Waals surface area contributed by atoms with Crippen LogP contribution in [0.5, 0.6) is 0 Å². The molecule has 0 bridgehead atoms. The van der Waals surface area contributed by atoms with Gasteiger partial charge in [-0.2, -0.15) is 15.0 Å². The Morgan fingerprint density at radius 3 is 2.33 bits per heavy atom. The lowest BCUT2D eigenvalue weighted by Gasteiger charge is -2.19. The third kappa shape index (κ3) is 3.00. The van der Waals surface area contributed by atoms with Crippen molar-refractivity contribution in [1.29, 1.82) is 0 Å². The van der Waals surface area contributed by atoms with E-state index in [9.17, 15) is 0 Å². The summed E-state index contributed by atoms with van der Waals surface area (Å²) in [6, 6.07) is 0.599. The van der Waals surface area contributed by atoms with Crippen LogP contribution >= 0.6 is 0 Å². The molecule has 0 amide bonds. The third-order valence-electron chi connectivity index (χ3n) is 2.95. The first-order chi connectivity index (χ1) is 8.61. The van der Waals surface area contributed by atoms with Gasteiger partial charge in [0.2, 0.25) is 17.8 Å². The molecule has 1 aliphatic rings. The van der Waals surface area contributed by atoms with Gasteiger partial charge in [0.15, 0.2) is 0 Å². The Labute approximate surface area is 108 Å². The van der Waals surface area contributed by atoms with Crippen molar-refractivity contribution in [2.24, 2.45) is 0 Å². The summed E-state index contributed by atoms with van der Waals surface area (Å²) in [5, 5.41) is 3.23. The predicted molar refractivity (Wildman–Crippen MR) is 74.4 cm³/mol. The molecule has 0 atom stereocenters. The second kappa shape index (κ2) is 5.37. The number of anilines is 3. The molecule has 1 fully saturated rings. The van der Waals surface area contributed by atoms with Crippen molar-refractivity contribution >= 4 is 17.8 Å². The van der Waals surface area contributed by atoms with Gasteiger partial charge in [0.1, 0.15) is 0 Å². The van der Waals surface area contributed by atoms with E-state index in [-0.39, 0.29) is 0 Å². The number of aromatic nitrogens is 3. The van der Waals surface area contributed by atoms with Crippen LogP contribution in [-0.4, -0.2) is 48.7 Å².